The van der Waals surface area contributed by atoms with E-state index in [0.717, 1.165) is 5.56 Å². The summed E-state index contributed by atoms with van der Waals surface area (Å²) in [5.41, 5.74) is 0.933. The van der Waals surface area contributed by atoms with Crippen LogP contribution >= 0.6 is 11.6 Å². The topological polar surface area (TPSA) is 60.4 Å². The summed E-state index contributed by atoms with van der Waals surface area (Å²) in [6, 6.07) is 6.09. The van der Waals surface area contributed by atoms with Crippen molar-refractivity contribution in [3.05, 3.63) is 29.8 Å². The van der Waals surface area contributed by atoms with Gasteiger partial charge in [0.05, 0.1) is 4.90 Å². The number of aryl methyl sites for hydroxylation is 1. The van der Waals surface area contributed by atoms with Gasteiger partial charge in [0.15, 0.2) is 0 Å². The Morgan fingerprint density at radius 1 is 1.33 bits per heavy atom. The average Bonchev–Trinajstić information content (AvgIpc) is 2.16. The largest absolute Gasteiger partial charge is 0.297 e. The van der Waals surface area contributed by atoms with Crippen LogP contribution in [0.2, 0.25) is 0 Å². The van der Waals surface area contributed by atoms with Crippen molar-refractivity contribution in [2.45, 2.75) is 11.8 Å². The standard InChI is InChI=1S/C9H9ClO4S/c1-7-2-4-8(5-3-7)15(12,13)14-6-9(10)11/h2-5H,6H2,1H3. The highest BCUT2D eigenvalue weighted by molar-refractivity contribution is 7.86. The van der Waals surface area contributed by atoms with Gasteiger partial charge in [-0.05, 0) is 30.7 Å². The van der Waals surface area contributed by atoms with Crippen LogP contribution in [-0.4, -0.2) is 20.3 Å². The number of carbonyl (C=O) groups is 1. The second-order valence-electron chi connectivity index (χ2n) is 2.88. The zero-order valence-electron chi connectivity index (χ0n) is 7.94. The Kier molecular flexibility index (Phi) is 3.84. The lowest BCUT2D eigenvalue weighted by Crippen LogP contribution is -2.10. The fraction of sp³-hybridized carbons (Fsp3) is 0.222. The molecule has 0 aliphatic carbocycles. The molecular weight excluding hydrogens is 240 g/mol. The van der Waals surface area contributed by atoms with Gasteiger partial charge < -0.3 is 0 Å². The highest BCUT2D eigenvalue weighted by Gasteiger charge is 2.15. The molecule has 0 heterocycles. The number of benzene rings is 1. The molecule has 15 heavy (non-hydrogen) atoms. The van der Waals surface area contributed by atoms with Crippen molar-refractivity contribution >= 4 is 27.0 Å². The molecule has 0 atom stereocenters. The van der Waals surface area contributed by atoms with Crippen molar-refractivity contribution in [1.82, 2.24) is 0 Å². The average molecular weight is 249 g/mol. The quantitative estimate of drug-likeness (QED) is 0.598. The van der Waals surface area contributed by atoms with E-state index in [1.165, 1.54) is 12.1 Å². The minimum absolute atomic E-state index is 0.00557. The molecule has 0 N–H and O–H groups in total. The number of carbonyl (C=O) groups excluding carboxylic acids is 1. The van der Waals surface area contributed by atoms with E-state index >= 15 is 0 Å². The molecule has 0 amide bonds. The molecular formula is C9H9ClO4S. The van der Waals surface area contributed by atoms with Gasteiger partial charge in [-0.3, -0.25) is 8.98 Å². The molecule has 1 aromatic rings. The summed E-state index contributed by atoms with van der Waals surface area (Å²) in [7, 11) is -3.88. The fourth-order valence-corrected chi connectivity index (χ4v) is 1.88. The molecule has 0 saturated heterocycles. The highest BCUT2D eigenvalue weighted by Crippen LogP contribution is 2.13. The molecule has 0 spiro atoms. The molecule has 0 radical (unpaired) electrons. The van der Waals surface area contributed by atoms with E-state index in [1.54, 1.807) is 12.1 Å². The third-order valence-corrected chi connectivity index (χ3v) is 3.02. The van der Waals surface area contributed by atoms with Crippen LogP contribution in [0.4, 0.5) is 0 Å². The molecule has 0 unspecified atom stereocenters. The first-order valence-electron chi connectivity index (χ1n) is 4.06. The van der Waals surface area contributed by atoms with Crippen molar-refractivity contribution in [3.8, 4) is 0 Å². The SMILES string of the molecule is Cc1ccc(S(=O)(=O)OCC(=O)Cl)cc1. The van der Waals surface area contributed by atoms with Gasteiger partial charge in [0.25, 0.3) is 10.1 Å². The Morgan fingerprint density at radius 2 is 1.87 bits per heavy atom. The minimum Gasteiger partial charge on any atom is -0.279 e. The third-order valence-electron chi connectivity index (χ3n) is 1.64. The molecule has 0 fully saturated rings. The van der Waals surface area contributed by atoms with Crippen LogP contribution in [0.25, 0.3) is 0 Å². The molecule has 82 valence electrons. The number of hydrogen-bond acceptors (Lipinski definition) is 4. The van der Waals surface area contributed by atoms with Crippen LogP contribution < -0.4 is 0 Å². The van der Waals surface area contributed by atoms with Gasteiger partial charge in [0.2, 0.25) is 5.24 Å². The summed E-state index contributed by atoms with van der Waals surface area (Å²) in [6.07, 6.45) is 0. The lowest BCUT2D eigenvalue weighted by molar-refractivity contribution is -0.113. The predicted octanol–water partition coefficient (Wildman–Crippen LogP) is 1.47. The highest BCUT2D eigenvalue weighted by atomic mass is 35.5. The van der Waals surface area contributed by atoms with Crippen LogP contribution in [-0.2, 0) is 19.1 Å². The van der Waals surface area contributed by atoms with Crippen LogP contribution in [0.3, 0.4) is 0 Å². The molecule has 0 saturated carbocycles. The molecule has 0 aliphatic rings. The molecule has 4 nitrogen and oxygen atoms in total. The van der Waals surface area contributed by atoms with E-state index in [9.17, 15) is 13.2 Å². The van der Waals surface area contributed by atoms with Crippen molar-refractivity contribution in [2.24, 2.45) is 0 Å². The number of hydrogen-bond donors (Lipinski definition) is 0. The summed E-state index contributed by atoms with van der Waals surface area (Å²) in [6.45, 7) is 1.18. The lowest BCUT2D eigenvalue weighted by Gasteiger charge is -2.03. The third kappa shape index (κ3) is 3.62. The van der Waals surface area contributed by atoms with Crippen molar-refractivity contribution < 1.29 is 17.4 Å². The maximum atomic E-state index is 11.4. The Labute approximate surface area is 92.9 Å². The van der Waals surface area contributed by atoms with Gasteiger partial charge in [0, 0.05) is 0 Å². The molecule has 0 bridgehead atoms. The molecule has 1 aromatic carbocycles. The second kappa shape index (κ2) is 4.74. The summed E-state index contributed by atoms with van der Waals surface area (Å²) in [4.78, 5) is 10.4. The van der Waals surface area contributed by atoms with Gasteiger partial charge in [0.1, 0.15) is 6.61 Å². The van der Waals surface area contributed by atoms with Gasteiger partial charge in [-0.15, -0.1) is 0 Å². The first-order valence-corrected chi connectivity index (χ1v) is 5.85. The van der Waals surface area contributed by atoms with Crippen LogP contribution in [0.5, 0.6) is 0 Å². The Balaban J connectivity index is 2.87. The van der Waals surface area contributed by atoms with E-state index in [2.05, 4.69) is 4.18 Å². The summed E-state index contributed by atoms with van der Waals surface area (Å²) < 4.78 is 27.2. The summed E-state index contributed by atoms with van der Waals surface area (Å²) in [5, 5.41) is -0.856. The van der Waals surface area contributed by atoms with Crippen LogP contribution in [0, 0.1) is 6.92 Å². The van der Waals surface area contributed by atoms with E-state index in [4.69, 9.17) is 11.6 Å². The zero-order chi connectivity index (χ0) is 11.5. The van der Waals surface area contributed by atoms with Gasteiger partial charge in [-0.2, -0.15) is 8.42 Å². The fourth-order valence-electron chi connectivity index (χ4n) is 0.897. The molecule has 0 aromatic heterocycles. The van der Waals surface area contributed by atoms with Gasteiger partial charge in [-0.25, -0.2) is 0 Å². The maximum absolute atomic E-state index is 11.4. The normalized spacial score (nSPS) is 11.3. The molecule has 1 rings (SSSR count). The molecule has 0 aliphatic heterocycles. The Morgan fingerprint density at radius 3 is 2.33 bits per heavy atom. The Bertz CT molecular complexity index is 450. The van der Waals surface area contributed by atoms with Crippen molar-refractivity contribution in [3.63, 3.8) is 0 Å². The van der Waals surface area contributed by atoms with E-state index in [1.807, 2.05) is 6.92 Å². The zero-order valence-corrected chi connectivity index (χ0v) is 9.51. The number of rotatable bonds is 4. The lowest BCUT2D eigenvalue weighted by atomic mass is 10.2. The summed E-state index contributed by atoms with van der Waals surface area (Å²) >= 11 is 4.97. The van der Waals surface area contributed by atoms with E-state index in [0.29, 0.717) is 0 Å². The minimum atomic E-state index is -3.88. The van der Waals surface area contributed by atoms with Crippen LogP contribution in [0.1, 0.15) is 5.56 Å². The summed E-state index contributed by atoms with van der Waals surface area (Å²) in [5.74, 6) is 0. The monoisotopic (exact) mass is 248 g/mol. The predicted molar refractivity (Wildman–Crippen MR) is 55.2 cm³/mol. The van der Waals surface area contributed by atoms with Gasteiger partial charge in [-0.1, -0.05) is 17.7 Å². The van der Waals surface area contributed by atoms with E-state index < -0.39 is 22.0 Å². The first kappa shape index (κ1) is 12.2. The van der Waals surface area contributed by atoms with Crippen molar-refractivity contribution in [1.29, 1.82) is 0 Å². The smallest absolute Gasteiger partial charge is 0.279 e. The Hall–Kier alpha value is -0.910. The molecule has 6 heteroatoms. The maximum Gasteiger partial charge on any atom is 0.297 e. The van der Waals surface area contributed by atoms with E-state index in [-0.39, 0.29) is 4.90 Å². The van der Waals surface area contributed by atoms with Crippen LogP contribution in [0.15, 0.2) is 29.2 Å². The second-order valence-corrected chi connectivity index (χ2v) is 4.92. The first-order chi connectivity index (χ1) is 6.92. The van der Waals surface area contributed by atoms with Crippen molar-refractivity contribution in [2.75, 3.05) is 6.61 Å². The van der Waals surface area contributed by atoms with Gasteiger partial charge >= 0.3 is 0 Å². The number of halogens is 1.